The van der Waals surface area contributed by atoms with E-state index >= 15 is 0 Å². The van der Waals surface area contributed by atoms with Crippen LogP contribution >= 0.6 is 0 Å². The Balaban J connectivity index is 5.90. The van der Waals surface area contributed by atoms with Crippen LogP contribution in [-0.2, 0) is 19.7 Å². The van der Waals surface area contributed by atoms with E-state index in [1.807, 2.05) is 0 Å². The molecule has 0 amide bonds. The maximum Gasteiger partial charge on any atom is 0.498 e. The first kappa shape index (κ1) is 16.4. The van der Waals surface area contributed by atoms with E-state index in [1.54, 1.807) is 0 Å². The maximum atomic E-state index is 11.9. The number of hydrogen-bond acceptors (Lipinski definition) is 5. The van der Waals surface area contributed by atoms with Crippen LogP contribution in [0.25, 0.3) is 0 Å². The summed E-state index contributed by atoms with van der Waals surface area (Å²) in [5.41, 5.74) is -12.4. The van der Waals surface area contributed by atoms with Crippen molar-refractivity contribution in [2.24, 2.45) is 0 Å². The van der Waals surface area contributed by atoms with Gasteiger partial charge >= 0.3 is 11.0 Å². The summed E-state index contributed by atoms with van der Waals surface area (Å²) in [6.07, 6.45) is 0. The average Bonchev–Trinajstić information content (AvgIpc) is 1.99. The Morgan fingerprint density at radius 3 is 1.18 bits per heavy atom. The van der Waals surface area contributed by atoms with Crippen LogP contribution in [0.4, 0.5) is 26.3 Å². The van der Waals surface area contributed by atoms with Crippen molar-refractivity contribution in [2.45, 2.75) is 15.6 Å². The van der Waals surface area contributed by atoms with Crippen LogP contribution in [0.3, 0.4) is 0 Å². The standard InChI is InChI=1S/C4H4F6O5S2/c5-3(6,7)16(12,13)2(1-11)17(14,15)4(8,9)10/h2,11H,1H2. The number of sulfone groups is 2. The Hall–Kier alpha value is -0.560. The zero-order valence-electron chi connectivity index (χ0n) is 7.45. The summed E-state index contributed by atoms with van der Waals surface area (Å²) in [4.78, 5) is 0. The first-order valence-electron chi connectivity index (χ1n) is 3.40. The monoisotopic (exact) mass is 310 g/mol. The fraction of sp³-hybridized carbons (Fsp3) is 1.00. The lowest BCUT2D eigenvalue weighted by Crippen LogP contribution is -2.46. The summed E-state index contributed by atoms with van der Waals surface area (Å²) in [6, 6.07) is 0. The van der Waals surface area contributed by atoms with E-state index in [1.165, 1.54) is 0 Å². The highest BCUT2D eigenvalue weighted by Gasteiger charge is 2.62. The zero-order valence-corrected chi connectivity index (χ0v) is 9.08. The smallest absolute Gasteiger partial charge is 0.394 e. The van der Waals surface area contributed by atoms with Gasteiger partial charge in [0.05, 0.1) is 6.61 Å². The first-order chi connectivity index (χ1) is 7.19. The quantitative estimate of drug-likeness (QED) is 0.751. The van der Waals surface area contributed by atoms with Gasteiger partial charge in [-0.05, 0) is 0 Å². The lowest BCUT2D eigenvalue weighted by atomic mass is 10.9. The van der Waals surface area contributed by atoms with E-state index in [2.05, 4.69) is 0 Å². The molecule has 17 heavy (non-hydrogen) atoms. The number of rotatable bonds is 3. The van der Waals surface area contributed by atoms with Crippen LogP contribution in [-0.4, -0.2) is 44.1 Å². The van der Waals surface area contributed by atoms with Crippen molar-refractivity contribution in [2.75, 3.05) is 6.61 Å². The van der Waals surface area contributed by atoms with Gasteiger partial charge in [-0.25, -0.2) is 16.8 Å². The molecule has 0 fully saturated rings. The molecule has 0 aliphatic heterocycles. The predicted molar refractivity (Wildman–Crippen MR) is 40.8 cm³/mol. The van der Waals surface area contributed by atoms with Gasteiger partial charge in [0, 0.05) is 0 Å². The maximum absolute atomic E-state index is 11.9. The summed E-state index contributed by atoms with van der Waals surface area (Å²) in [5, 5.41) is 8.17. The molecular weight excluding hydrogens is 306 g/mol. The molecule has 0 aromatic rings. The molecule has 0 saturated heterocycles. The average molecular weight is 310 g/mol. The van der Waals surface area contributed by atoms with Gasteiger partial charge in [-0.2, -0.15) is 26.3 Å². The van der Waals surface area contributed by atoms with Crippen molar-refractivity contribution in [3.8, 4) is 0 Å². The van der Waals surface area contributed by atoms with E-state index < -0.39 is 41.9 Å². The molecule has 5 nitrogen and oxygen atoms in total. The Labute approximate surface area is 90.9 Å². The van der Waals surface area contributed by atoms with Gasteiger partial charge in [0.25, 0.3) is 19.7 Å². The largest absolute Gasteiger partial charge is 0.498 e. The van der Waals surface area contributed by atoms with Gasteiger partial charge < -0.3 is 5.11 Å². The van der Waals surface area contributed by atoms with Gasteiger partial charge in [-0.3, -0.25) is 0 Å². The molecule has 13 heteroatoms. The Kier molecular flexibility index (Phi) is 4.13. The van der Waals surface area contributed by atoms with E-state index in [-0.39, 0.29) is 0 Å². The number of aliphatic hydroxyl groups excluding tert-OH is 1. The van der Waals surface area contributed by atoms with E-state index in [0.717, 1.165) is 0 Å². The lowest BCUT2D eigenvalue weighted by Gasteiger charge is -2.18. The fourth-order valence-electron chi connectivity index (χ4n) is 0.661. The summed E-state index contributed by atoms with van der Waals surface area (Å²) < 4.78 is 109. The van der Waals surface area contributed by atoms with E-state index in [4.69, 9.17) is 5.11 Å². The van der Waals surface area contributed by atoms with Crippen molar-refractivity contribution >= 4 is 19.7 Å². The van der Waals surface area contributed by atoms with Crippen molar-refractivity contribution in [1.82, 2.24) is 0 Å². The van der Waals surface area contributed by atoms with Gasteiger partial charge in [-0.15, -0.1) is 0 Å². The van der Waals surface area contributed by atoms with Crippen molar-refractivity contribution in [3.05, 3.63) is 0 Å². The van der Waals surface area contributed by atoms with Crippen LogP contribution in [0.2, 0.25) is 0 Å². The number of hydrogen-bond donors (Lipinski definition) is 1. The minimum atomic E-state index is -6.69. The van der Waals surface area contributed by atoms with E-state index in [0.29, 0.717) is 0 Å². The number of halogens is 6. The first-order valence-corrected chi connectivity index (χ1v) is 6.50. The normalized spacial score (nSPS) is 15.3. The second-order valence-electron chi connectivity index (χ2n) is 2.59. The van der Waals surface area contributed by atoms with Crippen molar-refractivity contribution < 1.29 is 48.3 Å². The van der Waals surface area contributed by atoms with E-state index in [9.17, 15) is 43.2 Å². The van der Waals surface area contributed by atoms with Crippen molar-refractivity contribution in [3.63, 3.8) is 0 Å². The number of aliphatic hydroxyl groups is 1. The molecule has 0 bridgehead atoms. The Morgan fingerprint density at radius 2 is 1.06 bits per heavy atom. The molecule has 0 saturated carbocycles. The molecule has 0 spiro atoms. The molecule has 0 aromatic carbocycles. The molecule has 0 radical (unpaired) electrons. The van der Waals surface area contributed by atoms with Gasteiger partial charge in [0.1, 0.15) is 0 Å². The number of alkyl halides is 6. The van der Waals surface area contributed by atoms with Crippen LogP contribution in [0, 0.1) is 0 Å². The molecule has 0 heterocycles. The van der Waals surface area contributed by atoms with Crippen LogP contribution in [0.1, 0.15) is 0 Å². The molecule has 1 N–H and O–H groups in total. The minimum Gasteiger partial charge on any atom is -0.394 e. The minimum absolute atomic E-state index is 2.36. The summed E-state index contributed by atoms with van der Waals surface area (Å²) >= 11 is 0. The Bertz CT molecular complexity index is 426. The fourth-order valence-corrected chi connectivity index (χ4v) is 3.64. The van der Waals surface area contributed by atoms with Gasteiger partial charge in [0.15, 0.2) is 0 Å². The SMILES string of the molecule is O=S(=O)(C(CO)S(=O)(=O)C(F)(F)F)C(F)(F)F. The molecule has 104 valence electrons. The van der Waals surface area contributed by atoms with Crippen LogP contribution < -0.4 is 0 Å². The molecule has 0 aromatic heterocycles. The zero-order chi connectivity index (χ0) is 14.3. The molecular formula is C4H4F6O5S2. The molecule has 0 unspecified atom stereocenters. The second kappa shape index (κ2) is 4.28. The highest BCUT2D eigenvalue weighted by Crippen LogP contribution is 2.35. The molecule has 0 aliphatic carbocycles. The lowest BCUT2D eigenvalue weighted by molar-refractivity contribution is -0.0478. The van der Waals surface area contributed by atoms with Gasteiger partial charge in [-0.1, -0.05) is 0 Å². The highest BCUT2D eigenvalue weighted by molar-refractivity contribution is 8.09. The summed E-state index contributed by atoms with van der Waals surface area (Å²) in [6.45, 7) is -2.36. The van der Waals surface area contributed by atoms with Crippen LogP contribution in [0.5, 0.6) is 0 Å². The van der Waals surface area contributed by atoms with Crippen LogP contribution in [0.15, 0.2) is 0 Å². The molecule has 0 atom stereocenters. The highest BCUT2D eigenvalue weighted by atomic mass is 32.3. The predicted octanol–water partition coefficient (Wildman–Crippen LogP) is 0.174. The second-order valence-corrected chi connectivity index (χ2v) is 7.14. The topological polar surface area (TPSA) is 88.5 Å². The molecule has 0 aliphatic rings. The third-order valence-corrected chi connectivity index (χ3v) is 5.98. The third-order valence-electron chi connectivity index (χ3n) is 1.49. The van der Waals surface area contributed by atoms with Gasteiger partial charge in [0.2, 0.25) is 4.58 Å². The Morgan fingerprint density at radius 1 is 0.824 bits per heavy atom. The summed E-state index contributed by atoms with van der Waals surface area (Å²) in [5.74, 6) is 0. The summed E-state index contributed by atoms with van der Waals surface area (Å²) in [7, 11) is -13.4. The van der Waals surface area contributed by atoms with Crippen molar-refractivity contribution in [1.29, 1.82) is 0 Å². The third kappa shape index (κ3) is 2.82. The molecule has 0 rings (SSSR count).